The van der Waals surface area contributed by atoms with Crippen LogP contribution in [0.4, 0.5) is 0 Å². The lowest BCUT2D eigenvalue weighted by Crippen LogP contribution is -2.07. The molecule has 0 N–H and O–H groups in total. The van der Waals surface area contributed by atoms with Gasteiger partial charge in [0, 0.05) is 0 Å². The zero-order valence-electron chi connectivity index (χ0n) is 17.9. The van der Waals surface area contributed by atoms with Crippen LogP contribution in [0.1, 0.15) is 143 Å². The van der Waals surface area contributed by atoms with Gasteiger partial charge in [-0.1, -0.05) is 143 Å². The molecule has 1 atom stereocenters. The Hall–Kier alpha value is 0. The van der Waals surface area contributed by atoms with Gasteiger partial charge in [0.1, 0.15) is 0 Å². The Balaban J connectivity index is 4.14. The van der Waals surface area contributed by atoms with Crippen molar-refractivity contribution in [3.8, 4) is 0 Å². The van der Waals surface area contributed by atoms with Crippen LogP contribution in [0.25, 0.3) is 0 Å². The summed E-state index contributed by atoms with van der Waals surface area (Å²) >= 11 is 0. The van der Waals surface area contributed by atoms with E-state index in [1.165, 1.54) is 116 Å². The van der Waals surface area contributed by atoms with Crippen LogP contribution in [-0.2, 0) is 0 Å². The molecule has 0 rings (SSSR count). The van der Waals surface area contributed by atoms with Gasteiger partial charge in [-0.15, -0.1) is 0 Å². The van der Waals surface area contributed by atoms with Gasteiger partial charge in [-0.2, -0.15) is 0 Å². The predicted octanol–water partition coefficient (Wildman–Crippen LogP) is 9.32. The Morgan fingerprint density at radius 1 is 0.333 bits per heavy atom. The van der Waals surface area contributed by atoms with Crippen LogP contribution in [0.5, 0.6) is 0 Å². The Morgan fingerprint density at radius 3 is 1.12 bits per heavy atom. The van der Waals surface area contributed by atoms with Crippen molar-refractivity contribution < 1.29 is 0 Å². The zero-order chi connectivity index (χ0) is 17.9. The van der Waals surface area contributed by atoms with E-state index >= 15 is 0 Å². The SMILES string of the molecule is CCCCCCC(CCCCCC)CCC(CCC)CCCCC. The van der Waals surface area contributed by atoms with Gasteiger partial charge in [0.05, 0.1) is 0 Å². The second kappa shape index (κ2) is 19.3. The first-order chi connectivity index (χ1) is 11.8. The second-order valence-corrected chi connectivity index (χ2v) is 8.29. The van der Waals surface area contributed by atoms with Crippen molar-refractivity contribution in [2.75, 3.05) is 0 Å². The van der Waals surface area contributed by atoms with E-state index in [-0.39, 0.29) is 0 Å². The van der Waals surface area contributed by atoms with Crippen LogP contribution in [0.2, 0.25) is 0 Å². The fraction of sp³-hybridized carbons (Fsp3) is 1.00. The molecule has 0 saturated carbocycles. The molecule has 0 aromatic carbocycles. The molecule has 0 aliphatic carbocycles. The summed E-state index contributed by atoms with van der Waals surface area (Å²) in [5, 5.41) is 0. The van der Waals surface area contributed by atoms with E-state index in [1.807, 2.05) is 0 Å². The van der Waals surface area contributed by atoms with Crippen molar-refractivity contribution in [3.05, 3.63) is 0 Å². The maximum absolute atomic E-state index is 2.37. The monoisotopic (exact) mass is 338 g/mol. The summed E-state index contributed by atoms with van der Waals surface area (Å²) in [7, 11) is 0. The second-order valence-electron chi connectivity index (χ2n) is 8.29. The molecule has 1 unspecified atom stereocenters. The molecule has 0 nitrogen and oxygen atoms in total. The van der Waals surface area contributed by atoms with Gasteiger partial charge < -0.3 is 0 Å². The van der Waals surface area contributed by atoms with E-state index in [2.05, 4.69) is 27.7 Å². The molecule has 24 heavy (non-hydrogen) atoms. The zero-order valence-corrected chi connectivity index (χ0v) is 17.9. The van der Waals surface area contributed by atoms with Gasteiger partial charge in [-0.05, 0) is 11.8 Å². The van der Waals surface area contributed by atoms with Gasteiger partial charge in [-0.3, -0.25) is 0 Å². The Labute approximate surface area is 155 Å². The first-order valence-electron chi connectivity index (χ1n) is 11.8. The molecule has 0 heterocycles. The van der Waals surface area contributed by atoms with E-state index < -0.39 is 0 Å². The van der Waals surface area contributed by atoms with Gasteiger partial charge in [0.15, 0.2) is 0 Å². The Morgan fingerprint density at radius 2 is 0.708 bits per heavy atom. The lowest BCUT2D eigenvalue weighted by Gasteiger charge is -2.21. The Bertz CT molecular complexity index is 208. The summed E-state index contributed by atoms with van der Waals surface area (Å²) in [5.74, 6) is 2.06. The van der Waals surface area contributed by atoms with Crippen molar-refractivity contribution in [2.45, 2.75) is 143 Å². The average molecular weight is 339 g/mol. The van der Waals surface area contributed by atoms with E-state index in [9.17, 15) is 0 Å². The molecule has 0 aromatic rings. The van der Waals surface area contributed by atoms with Crippen molar-refractivity contribution in [2.24, 2.45) is 11.8 Å². The Kier molecular flexibility index (Phi) is 19.3. The molecule has 0 aliphatic heterocycles. The molecule has 0 amide bonds. The molecular weight excluding hydrogens is 288 g/mol. The normalized spacial score (nSPS) is 12.9. The molecular formula is C24H50. The number of rotatable bonds is 19. The van der Waals surface area contributed by atoms with Gasteiger partial charge in [0.2, 0.25) is 0 Å². The third-order valence-corrected chi connectivity index (χ3v) is 5.83. The molecule has 0 saturated heterocycles. The minimum Gasteiger partial charge on any atom is -0.0654 e. The molecule has 0 radical (unpaired) electrons. The minimum absolute atomic E-state index is 1.02. The summed E-state index contributed by atoms with van der Waals surface area (Å²) in [4.78, 5) is 0. The number of hydrogen-bond acceptors (Lipinski definition) is 0. The van der Waals surface area contributed by atoms with E-state index in [0.717, 1.165) is 11.8 Å². The van der Waals surface area contributed by atoms with Gasteiger partial charge >= 0.3 is 0 Å². The topological polar surface area (TPSA) is 0 Å². The number of hydrogen-bond donors (Lipinski definition) is 0. The molecule has 0 bridgehead atoms. The lowest BCUT2D eigenvalue weighted by molar-refractivity contribution is 0.314. The highest BCUT2D eigenvalue weighted by Crippen LogP contribution is 2.28. The first-order valence-corrected chi connectivity index (χ1v) is 11.8. The highest BCUT2D eigenvalue weighted by molar-refractivity contribution is 4.66. The molecule has 0 heteroatoms. The maximum Gasteiger partial charge on any atom is -0.0414 e. The first kappa shape index (κ1) is 24.0. The highest BCUT2D eigenvalue weighted by atomic mass is 14.2. The van der Waals surface area contributed by atoms with E-state index in [1.54, 1.807) is 0 Å². The summed E-state index contributed by atoms with van der Waals surface area (Å²) in [6.45, 7) is 9.36. The van der Waals surface area contributed by atoms with Crippen LogP contribution in [-0.4, -0.2) is 0 Å². The summed E-state index contributed by atoms with van der Waals surface area (Å²) in [6.07, 6.45) is 26.3. The summed E-state index contributed by atoms with van der Waals surface area (Å²) in [6, 6.07) is 0. The smallest absolute Gasteiger partial charge is 0.0414 e. The molecule has 0 spiro atoms. The van der Waals surface area contributed by atoms with E-state index in [4.69, 9.17) is 0 Å². The van der Waals surface area contributed by atoms with Gasteiger partial charge in [0.25, 0.3) is 0 Å². The van der Waals surface area contributed by atoms with Crippen LogP contribution in [0.3, 0.4) is 0 Å². The van der Waals surface area contributed by atoms with Crippen LogP contribution in [0, 0.1) is 11.8 Å². The fourth-order valence-electron chi connectivity index (χ4n) is 4.15. The molecule has 0 fully saturated rings. The third-order valence-electron chi connectivity index (χ3n) is 5.83. The maximum atomic E-state index is 2.37. The molecule has 0 aromatic heterocycles. The predicted molar refractivity (Wildman–Crippen MR) is 113 cm³/mol. The highest BCUT2D eigenvalue weighted by Gasteiger charge is 2.13. The van der Waals surface area contributed by atoms with Crippen LogP contribution in [0.15, 0.2) is 0 Å². The van der Waals surface area contributed by atoms with E-state index in [0.29, 0.717) is 0 Å². The minimum atomic E-state index is 1.02. The quantitative estimate of drug-likeness (QED) is 0.206. The fourth-order valence-corrected chi connectivity index (χ4v) is 4.15. The largest absolute Gasteiger partial charge is 0.0654 e. The lowest BCUT2D eigenvalue weighted by atomic mass is 9.85. The summed E-state index contributed by atoms with van der Waals surface area (Å²) < 4.78 is 0. The summed E-state index contributed by atoms with van der Waals surface area (Å²) in [5.41, 5.74) is 0. The van der Waals surface area contributed by atoms with Crippen molar-refractivity contribution in [1.29, 1.82) is 0 Å². The molecule has 0 aliphatic rings. The number of unbranched alkanes of at least 4 members (excludes halogenated alkanes) is 8. The van der Waals surface area contributed by atoms with Crippen molar-refractivity contribution in [3.63, 3.8) is 0 Å². The average Bonchev–Trinajstić information content (AvgIpc) is 2.59. The van der Waals surface area contributed by atoms with Gasteiger partial charge in [-0.25, -0.2) is 0 Å². The van der Waals surface area contributed by atoms with Crippen LogP contribution < -0.4 is 0 Å². The van der Waals surface area contributed by atoms with Crippen LogP contribution >= 0.6 is 0 Å². The molecule has 146 valence electrons. The standard InChI is InChI=1S/C24H50/c1-5-9-12-15-19-24(20-16-13-10-6-2)22-21-23(17-8-4)18-14-11-7-3/h23-24H,5-22H2,1-4H3. The van der Waals surface area contributed by atoms with Crippen molar-refractivity contribution in [1.82, 2.24) is 0 Å². The van der Waals surface area contributed by atoms with Crippen molar-refractivity contribution >= 4 is 0 Å². The third kappa shape index (κ3) is 15.5.